The molecule has 0 aromatic heterocycles. The van der Waals surface area contributed by atoms with Crippen LogP contribution in [0.3, 0.4) is 0 Å². The maximum atomic E-state index is 12.3. The summed E-state index contributed by atoms with van der Waals surface area (Å²) >= 11 is 5.91. The van der Waals surface area contributed by atoms with Gasteiger partial charge < -0.3 is 14.2 Å². The first-order valence-corrected chi connectivity index (χ1v) is 11.1. The lowest BCUT2D eigenvalue weighted by molar-refractivity contribution is 0.0955. The monoisotopic (exact) mass is 466 g/mol. The highest BCUT2D eigenvalue weighted by molar-refractivity contribution is 6.30. The molecule has 3 aromatic rings. The van der Waals surface area contributed by atoms with Crippen molar-refractivity contribution in [2.24, 2.45) is 5.10 Å². The number of halogens is 1. The smallest absolute Gasteiger partial charge is 0.271 e. The lowest BCUT2D eigenvalue weighted by Crippen LogP contribution is -2.17. The number of nitrogens with zero attached hydrogens (tertiary/aromatic N) is 1. The van der Waals surface area contributed by atoms with E-state index in [0.29, 0.717) is 35.3 Å². The van der Waals surface area contributed by atoms with Gasteiger partial charge in [-0.2, -0.15) is 5.10 Å². The molecule has 0 fully saturated rings. The summed E-state index contributed by atoms with van der Waals surface area (Å²) in [6, 6.07) is 19.9. The van der Waals surface area contributed by atoms with E-state index in [1.807, 2.05) is 30.3 Å². The van der Waals surface area contributed by atoms with E-state index in [4.69, 9.17) is 25.8 Å². The number of nitrogens with one attached hydrogen (secondary N) is 1. The van der Waals surface area contributed by atoms with Crippen LogP contribution in [0.1, 0.15) is 41.3 Å². The van der Waals surface area contributed by atoms with Crippen LogP contribution in [0.25, 0.3) is 0 Å². The van der Waals surface area contributed by atoms with Gasteiger partial charge in [-0.1, -0.05) is 37.1 Å². The van der Waals surface area contributed by atoms with Crippen LogP contribution in [-0.4, -0.2) is 25.8 Å². The number of rotatable bonds is 11. The minimum atomic E-state index is -0.304. The minimum absolute atomic E-state index is 0.304. The minimum Gasteiger partial charge on any atom is -0.494 e. The molecule has 0 bridgehead atoms. The van der Waals surface area contributed by atoms with Crippen molar-refractivity contribution in [3.8, 4) is 17.2 Å². The molecule has 33 heavy (non-hydrogen) atoms. The first-order chi connectivity index (χ1) is 16.1. The van der Waals surface area contributed by atoms with Crippen LogP contribution in [0.4, 0.5) is 0 Å². The first-order valence-electron chi connectivity index (χ1n) is 10.7. The van der Waals surface area contributed by atoms with E-state index < -0.39 is 0 Å². The Balaban J connectivity index is 1.54. The van der Waals surface area contributed by atoms with Crippen LogP contribution in [-0.2, 0) is 6.61 Å². The number of methoxy groups -OCH3 is 1. The molecule has 0 aliphatic carbocycles. The molecule has 0 spiro atoms. The Morgan fingerprint density at radius 3 is 2.45 bits per heavy atom. The quantitative estimate of drug-likeness (QED) is 0.218. The average Bonchev–Trinajstić information content (AvgIpc) is 2.84. The van der Waals surface area contributed by atoms with E-state index in [1.54, 1.807) is 49.7 Å². The lowest BCUT2D eigenvalue weighted by Gasteiger charge is -2.11. The van der Waals surface area contributed by atoms with Crippen molar-refractivity contribution in [1.82, 2.24) is 5.43 Å². The summed E-state index contributed by atoms with van der Waals surface area (Å²) in [5, 5.41) is 4.72. The summed E-state index contributed by atoms with van der Waals surface area (Å²) in [6.07, 6.45) is 3.62. The van der Waals surface area contributed by atoms with Gasteiger partial charge in [0.15, 0.2) is 11.5 Å². The number of hydrogen-bond donors (Lipinski definition) is 1. The van der Waals surface area contributed by atoms with Crippen molar-refractivity contribution in [2.75, 3.05) is 13.7 Å². The third-order valence-electron chi connectivity index (χ3n) is 4.76. The van der Waals surface area contributed by atoms with Crippen LogP contribution < -0.4 is 19.6 Å². The molecule has 0 unspecified atom stereocenters. The molecule has 0 atom stereocenters. The second kappa shape index (κ2) is 12.5. The Labute approximate surface area is 199 Å². The van der Waals surface area contributed by atoms with Crippen molar-refractivity contribution < 1.29 is 19.0 Å². The van der Waals surface area contributed by atoms with Crippen molar-refractivity contribution >= 4 is 23.7 Å². The number of ether oxygens (including phenoxy) is 3. The molecule has 1 amide bonds. The molecule has 1 N–H and O–H groups in total. The fourth-order valence-electron chi connectivity index (χ4n) is 2.89. The summed E-state index contributed by atoms with van der Waals surface area (Å²) in [5.41, 5.74) is 4.78. The molecule has 172 valence electrons. The number of carbonyl (C=O) groups is 1. The molecule has 6 nitrogen and oxygen atoms in total. The summed E-state index contributed by atoms with van der Waals surface area (Å²) in [4.78, 5) is 12.3. The highest BCUT2D eigenvalue weighted by atomic mass is 35.5. The molecule has 0 saturated heterocycles. The number of hydrogen-bond acceptors (Lipinski definition) is 5. The molecule has 7 heteroatoms. The highest BCUT2D eigenvalue weighted by Gasteiger charge is 2.07. The van der Waals surface area contributed by atoms with Gasteiger partial charge in [-0.3, -0.25) is 4.79 Å². The van der Waals surface area contributed by atoms with Crippen molar-refractivity contribution in [2.45, 2.75) is 26.4 Å². The normalized spacial score (nSPS) is 10.8. The number of carbonyl (C=O) groups excluding carboxylic acids is 1. The Hall–Kier alpha value is -3.51. The number of hydrazone groups is 1. The molecule has 0 aliphatic rings. The third kappa shape index (κ3) is 7.54. The SMILES string of the molecule is CCCCOc1ccc(C(=O)NN=Cc2ccc(OCc3ccc(Cl)cc3)c(OC)c2)cc1. The maximum absolute atomic E-state index is 12.3. The van der Waals surface area contributed by atoms with Crippen LogP contribution >= 0.6 is 11.6 Å². The number of unbranched alkanes of at least 4 members (excludes halogenated alkanes) is 1. The van der Waals surface area contributed by atoms with Crippen LogP contribution in [0.2, 0.25) is 5.02 Å². The zero-order valence-corrected chi connectivity index (χ0v) is 19.5. The van der Waals surface area contributed by atoms with Gasteiger partial charge >= 0.3 is 0 Å². The Morgan fingerprint density at radius 2 is 1.76 bits per heavy atom. The fourth-order valence-corrected chi connectivity index (χ4v) is 3.02. The summed E-state index contributed by atoms with van der Waals surface area (Å²) in [6.45, 7) is 3.17. The molecule has 3 aromatic carbocycles. The van der Waals surface area contributed by atoms with E-state index in [9.17, 15) is 4.79 Å². The fraction of sp³-hybridized carbons (Fsp3) is 0.231. The van der Waals surface area contributed by atoms with Crippen molar-refractivity contribution in [1.29, 1.82) is 0 Å². The zero-order chi connectivity index (χ0) is 23.5. The van der Waals surface area contributed by atoms with Crippen molar-refractivity contribution in [3.05, 3.63) is 88.4 Å². The number of benzene rings is 3. The second-order valence-corrected chi connectivity index (χ2v) is 7.69. The van der Waals surface area contributed by atoms with Crippen molar-refractivity contribution in [3.63, 3.8) is 0 Å². The van der Waals surface area contributed by atoms with Gasteiger partial charge in [0.05, 0.1) is 19.9 Å². The maximum Gasteiger partial charge on any atom is 0.271 e. The van der Waals surface area contributed by atoms with Gasteiger partial charge in [-0.15, -0.1) is 0 Å². The van der Waals surface area contributed by atoms with Gasteiger partial charge in [0.2, 0.25) is 0 Å². The highest BCUT2D eigenvalue weighted by Crippen LogP contribution is 2.28. The molecule has 0 heterocycles. The largest absolute Gasteiger partial charge is 0.494 e. The van der Waals surface area contributed by atoms with E-state index in [0.717, 1.165) is 29.7 Å². The van der Waals surface area contributed by atoms with Crippen LogP contribution in [0.15, 0.2) is 71.8 Å². The van der Waals surface area contributed by atoms with Crippen LogP contribution in [0, 0.1) is 0 Å². The molecule has 3 rings (SSSR count). The Bertz CT molecular complexity index is 1070. The van der Waals surface area contributed by atoms with Gasteiger partial charge in [0, 0.05) is 10.6 Å². The lowest BCUT2D eigenvalue weighted by atomic mass is 10.2. The van der Waals surface area contributed by atoms with Gasteiger partial charge in [0.25, 0.3) is 5.91 Å². The summed E-state index contributed by atoms with van der Waals surface area (Å²) in [7, 11) is 1.57. The zero-order valence-electron chi connectivity index (χ0n) is 18.7. The van der Waals surface area contributed by atoms with Gasteiger partial charge in [0.1, 0.15) is 12.4 Å². The van der Waals surface area contributed by atoms with E-state index in [2.05, 4.69) is 17.5 Å². The van der Waals surface area contributed by atoms with E-state index in [1.165, 1.54) is 0 Å². The standard InChI is InChI=1S/C26H27ClN2O4/c1-3-4-15-32-23-12-8-21(9-13-23)26(30)29-28-17-20-7-14-24(25(16-20)31-2)33-18-19-5-10-22(27)11-6-19/h5-14,16-17H,3-4,15,18H2,1-2H3,(H,29,30). The average molecular weight is 467 g/mol. The van der Waals surface area contributed by atoms with Gasteiger partial charge in [-0.25, -0.2) is 5.43 Å². The van der Waals surface area contributed by atoms with Gasteiger partial charge in [-0.05, 0) is 72.1 Å². The van der Waals surface area contributed by atoms with Crippen LogP contribution in [0.5, 0.6) is 17.2 Å². The van der Waals surface area contributed by atoms with E-state index in [-0.39, 0.29) is 5.91 Å². The number of amides is 1. The predicted octanol–water partition coefficient (Wildman–Crippen LogP) is 5.87. The third-order valence-corrected chi connectivity index (χ3v) is 5.01. The van der Waals surface area contributed by atoms with E-state index >= 15 is 0 Å². The Kier molecular flexibility index (Phi) is 9.15. The topological polar surface area (TPSA) is 69.2 Å². The summed E-state index contributed by atoms with van der Waals surface area (Å²) < 4.78 is 16.9. The first kappa shape index (κ1) is 24.1. The molecule has 0 saturated carbocycles. The molecule has 0 aliphatic heterocycles. The predicted molar refractivity (Wildman–Crippen MR) is 131 cm³/mol. The Morgan fingerprint density at radius 1 is 1.00 bits per heavy atom. The summed E-state index contributed by atoms with van der Waals surface area (Å²) in [5.74, 6) is 1.61. The second-order valence-electron chi connectivity index (χ2n) is 7.25. The molecular formula is C26H27ClN2O4. The molecular weight excluding hydrogens is 440 g/mol. The molecule has 0 radical (unpaired) electrons.